The Morgan fingerprint density at radius 2 is 1.48 bits per heavy atom. The van der Waals surface area contributed by atoms with Crippen LogP contribution in [-0.4, -0.2) is 26.6 Å². The van der Waals surface area contributed by atoms with E-state index in [2.05, 4.69) is 5.32 Å². The molecule has 3 aromatic rings. The van der Waals surface area contributed by atoms with E-state index in [-0.39, 0.29) is 21.9 Å². The molecule has 0 unspecified atom stereocenters. The van der Waals surface area contributed by atoms with Crippen molar-refractivity contribution >= 4 is 26.5 Å². The molecule has 148 valence electrons. The minimum atomic E-state index is -4.25. The molecule has 0 spiro atoms. The van der Waals surface area contributed by atoms with E-state index in [0.29, 0.717) is 11.3 Å². The van der Waals surface area contributed by atoms with Crippen molar-refractivity contribution in [3.63, 3.8) is 0 Å². The van der Waals surface area contributed by atoms with Gasteiger partial charge in [0.1, 0.15) is 5.75 Å². The van der Waals surface area contributed by atoms with E-state index < -0.39 is 15.1 Å². The minimum Gasteiger partial charge on any atom is -0.497 e. The fourth-order valence-electron chi connectivity index (χ4n) is 2.69. The van der Waals surface area contributed by atoms with Crippen LogP contribution in [0, 0.1) is 6.92 Å². The second-order valence-electron chi connectivity index (χ2n) is 6.33. The van der Waals surface area contributed by atoms with Gasteiger partial charge >= 0.3 is 5.24 Å². The van der Waals surface area contributed by atoms with Crippen molar-refractivity contribution in [1.29, 1.82) is 0 Å². The molecule has 0 fully saturated rings. The topological polar surface area (TPSA) is 89.5 Å². The Labute approximate surface area is 169 Å². The molecule has 7 heteroatoms. The van der Waals surface area contributed by atoms with Crippen molar-refractivity contribution in [2.24, 2.45) is 0 Å². The van der Waals surface area contributed by atoms with E-state index in [4.69, 9.17) is 4.74 Å². The molecule has 0 heterocycles. The molecule has 3 aromatic carbocycles. The number of carbonyl (C=O) groups excluding carboxylic acids is 2. The third-order valence-corrected chi connectivity index (χ3v) is 5.82. The fraction of sp³-hybridized carbons (Fsp3) is 0.0909. The predicted molar refractivity (Wildman–Crippen MR) is 110 cm³/mol. The Bertz CT molecular complexity index is 1150. The van der Waals surface area contributed by atoms with Crippen molar-refractivity contribution in [3.8, 4) is 5.75 Å². The highest BCUT2D eigenvalue weighted by Gasteiger charge is 2.26. The van der Waals surface area contributed by atoms with E-state index in [1.807, 2.05) is 6.92 Å². The van der Waals surface area contributed by atoms with Crippen molar-refractivity contribution in [2.75, 3.05) is 12.4 Å². The molecule has 0 aliphatic rings. The van der Waals surface area contributed by atoms with Gasteiger partial charge in [-0.2, -0.15) is 0 Å². The number of aryl methyl sites for hydroxylation is 1. The fourth-order valence-corrected chi connectivity index (χ4v) is 3.64. The van der Waals surface area contributed by atoms with Crippen molar-refractivity contribution < 1.29 is 22.7 Å². The first-order chi connectivity index (χ1) is 13.8. The van der Waals surface area contributed by atoms with Gasteiger partial charge in [-0.25, -0.2) is 8.42 Å². The minimum absolute atomic E-state index is 0.112. The lowest BCUT2D eigenvalue weighted by Gasteiger charge is -2.11. The molecule has 0 radical (unpaired) electrons. The Hall–Kier alpha value is -3.45. The third kappa shape index (κ3) is 4.35. The van der Waals surface area contributed by atoms with Gasteiger partial charge in [0.15, 0.2) is 5.78 Å². The lowest BCUT2D eigenvalue weighted by atomic mass is 10.0. The highest BCUT2D eigenvalue weighted by atomic mass is 32.2. The molecule has 0 aliphatic carbocycles. The molecular formula is C22H19NO5S. The van der Waals surface area contributed by atoms with Gasteiger partial charge in [-0.3, -0.25) is 9.59 Å². The first kappa shape index (κ1) is 20.3. The number of anilines is 1. The number of ketones is 1. The van der Waals surface area contributed by atoms with Crippen molar-refractivity contribution in [1.82, 2.24) is 0 Å². The summed E-state index contributed by atoms with van der Waals surface area (Å²) < 4.78 is 30.2. The lowest BCUT2D eigenvalue weighted by Crippen LogP contribution is -2.23. The van der Waals surface area contributed by atoms with Gasteiger partial charge in [-0.15, -0.1) is 0 Å². The van der Waals surface area contributed by atoms with Gasteiger partial charge in [0.05, 0.1) is 17.7 Å². The molecule has 0 aromatic heterocycles. The summed E-state index contributed by atoms with van der Waals surface area (Å²) in [7, 11) is -2.72. The first-order valence-corrected chi connectivity index (χ1v) is 10.2. The zero-order valence-electron chi connectivity index (χ0n) is 15.9. The van der Waals surface area contributed by atoms with Crippen LogP contribution in [0.1, 0.15) is 21.5 Å². The smallest absolute Gasteiger partial charge is 0.345 e. The van der Waals surface area contributed by atoms with E-state index in [9.17, 15) is 18.0 Å². The number of hydrogen-bond donors (Lipinski definition) is 1. The highest BCUT2D eigenvalue weighted by Crippen LogP contribution is 2.23. The molecule has 0 bridgehead atoms. The lowest BCUT2D eigenvalue weighted by molar-refractivity contribution is 0.103. The zero-order chi connectivity index (χ0) is 21.0. The van der Waals surface area contributed by atoms with Crippen LogP contribution in [0.25, 0.3) is 0 Å². The largest absolute Gasteiger partial charge is 0.497 e. The van der Waals surface area contributed by atoms with Crippen LogP contribution in [0.2, 0.25) is 0 Å². The maximum absolute atomic E-state index is 12.9. The number of benzene rings is 3. The number of sulfone groups is 1. The summed E-state index contributed by atoms with van der Waals surface area (Å²) in [5.41, 5.74) is 1.56. The number of ether oxygens (including phenoxy) is 1. The number of carbonyl (C=O) groups is 2. The Morgan fingerprint density at radius 3 is 2.10 bits per heavy atom. The monoisotopic (exact) mass is 409 g/mol. The molecule has 29 heavy (non-hydrogen) atoms. The van der Waals surface area contributed by atoms with Gasteiger partial charge in [0, 0.05) is 11.1 Å². The van der Waals surface area contributed by atoms with Crippen LogP contribution >= 0.6 is 0 Å². The number of nitrogens with one attached hydrogen (secondary N) is 1. The van der Waals surface area contributed by atoms with Crippen LogP contribution < -0.4 is 10.1 Å². The number of hydrogen-bond acceptors (Lipinski definition) is 5. The number of methoxy groups -OCH3 is 1. The second kappa shape index (κ2) is 8.28. The summed E-state index contributed by atoms with van der Waals surface area (Å²) in [5, 5.41) is 1.17. The standard InChI is InChI=1S/C22H19NO5S/c1-15-7-13-18(14-8-15)29(26,27)22(25)23-20-6-4-3-5-19(20)21(24)16-9-11-17(28-2)12-10-16/h3-14H,1-2H3,(H,23,25). The van der Waals surface area contributed by atoms with Gasteiger partial charge in [-0.1, -0.05) is 29.8 Å². The first-order valence-electron chi connectivity index (χ1n) is 8.73. The Kier molecular flexibility index (Phi) is 5.79. The summed E-state index contributed by atoms with van der Waals surface area (Å²) in [6.07, 6.45) is 0. The summed E-state index contributed by atoms with van der Waals surface area (Å²) >= 11 is 0. The molecule has 1 N–H and O–H groups in total. The average Bonchev–Trinajstić information content (AvgIpc) is 2.74. The number of amides is 1. The summed E-state index contributed by atoms with van der Waals surface area (Å²) in [6.45, 7) is 1.82. The van der Waals surface area contributed by atoms with Crippen LogP contribution in [0.3, 0.4) is 0 Å². The molecule has 0 atom stereocenters. The van der Waals surface area contributed by atoms with Gasteiger partial charge in [0.25, 0.3) is 9.84 Å². The van der Waals surface area contributed by atoms with E-state index in [0.717, 1.165) is 5.56 Å². The Balaban J connectivity index is 1.89. The van der Waals surface area contributed by atoms with E-state index >= 15 is 0 Å². The second-order valence-corrected chi connectivity index (χ2v) is 8.18. The summed E-state index contributed by atoms with van der Waals surface area (Å²) in [5.74, 6) is 0.253. The van der Waals surface area contributed by atoms with Gasteiger partial charge in [0.2, 0.25) is 0 Å². The van der Waals surface area contributed by atoms with Gasteiger partial charge in [-0.05, 0) is 55.5 Å². The van der Waals surface area contributed by atoms with Crippen LogP contribution in [0.15, 0.2) is 77.7 Å². The van der Waals surface area contributed by atoms with Crippen molar-refractivity contribution in [3.05, 3.63) is 89.5 Å². The predicted octanol–water partition coefficient (Wildman–Crippen LogP) is 4.24. The maximum atomic E-state index is 12.9. The zero-order valence-corrected chi connectivity index (χ0v) is 16.7. The third-order valence-electron chi connectivity index (χ3n) is 4.34. The van der Waals surface area contributed by atoms with Gasteiger partial charge < -0.3 is 10.1 Å². The summed E-state index contributed by atoms with van der Waals surface area (Å²) in [4.78, 5) is 25.2. The van der Waals surface area contributed by atoms with Crippen LogP contribution in [-0.2, 0) is 9.84 Å². The maximum Gasteiger partial charge on any atom is 0.345 e. The number of rotatable bonds is 5. The molecule has 0 saturated carbocycles. The summed E-state index contributed by atoms with van der Waals surface area (Å²) in [6, 6.07) is 18.7. The molecule has 3 rings (SSSR count). The average molecular weight is 409 g/mol. The molecule has 1 amide bonds. The Morgan fingerprint density at radius 1 is 0.862 bits per heavy atom. The normalized spacial score (nSPS) is 11.0. The molecule has 6 nitrogen and oxygen atoms in total. The van der Waals surface area contributed by atoms with Crippen molar-refractivity contribution in [2.45, 2.75) is 11.8 Å². The van der Waals surface area contributed by atoms with Crippen LogP contribution in [0.4, 0.5) is 10.5 Å². The molecule has 0 aliphatic heterocycles. The number of para-hydroxylation sites is 1. The van der Waals surface area contributed by atoms with E-state index in [1.54, 1.807) is 48.5 Å². The molecular weight excluding hydrogens is 390 g/mol. The molecule has 0 saturated heterocycles. The quantitative estimate of drug-likeness (QED) is 0.637. The van der Waals surface area contributed by atoms with E-state index in [1.165, 1.54) is 31.4 Å². The SMILES string of the molecule is COc1ccc(C(=O)c2ccccc2NC(=O)S(=O)(=O)c2ccc(C)cc2)cc1. The van der Waals surface area contributed by atoms with Crippen LogP contribution in [0.5, 0.6) is 5.75 Å². The highest BCUT2D eigenvalue weighted by molar-refractivity contribution is 8.06.